The third kappa shape index (κ3) is 7.70. The molecule has 6 heteroatoms. The Kier molecular flexibility index (Phi) is 10.7. The molecule has 130 valence electrons. The minimum Gasteiger partial charge on any atom is -0.383 e. The van der Waals surface area contributed by atoms with Gasteiger partial charge in [0.15, 0.2) is 5.96 Å². The van der Waals surface area contributed by atoms with Crippen molar-refractivity contribution in [3.8, 4) is 0 Å². The lowest BCUT2D eigenvalue weighted by Gasteiger charge is -2.34. The van der Waals surface area contributed by atoms with Crippen molar-refractivity contribution in [1.29, 1.82) is 0 Å². The average Bonchev–Trinajstić information content (AvgIpc) is 2.55. The summed E-state index contributed by atoms with van der Waals surface area (Å²) in [6.07, 6.45) is 2.33. The van der Waals surface area contributed by atoms with Crippen LogP contribution >= 0.6 is 11.8 Å². The van der Waals surface area contributed by atoms with Gasteiger partial charge in [0.25, 0.3) is 0 Å². The monoisotopic (exact) mass is 330 g/mol. The smallest absolute Gasteiger partial charge is 0.193 e. The number of aliphatic imine (C=N–C) groups is 1. The van der Waals surface area contributed by atoms with Crippen molar-refractivity contribution >= 4 is 17.7 Å². The Bertz CT molecular complexity index is 315. The van der Waals surface area contributed by atoms with Crippen molar-refractivity contribution in [2.45, 2.75) is 31.9 Å². The molecule has 1 saturated heterocycles. The van der Waals surface area contributed by atoms with Gasteiger partial charge in [0.05, 0.1) is 6.61 Å². The van der Waals surface area contributed by atoms with Gasteiger partial charge in [-0.05, 0) is 33.4 Å². The maximum atomic E-state index is 5.10. The molecular formula is C16H34N4OS. The van der Waals surface area contributed by atoms with Crippen molar-refractivity contribution in [2.24, 2.45) is 4.99 Å². The van der Waals surface area contributed by atoms with Crippen LogP contribution in [0.4, 0.5) is 0 Å². The maximum Gasteiger partial charge on any atom is 0.193 e. The lowest BCUT2D eigenvalue weighted by atomic mass is 10.3. The van der Waals surface area contributed by atoms with E-state index in [0.29, 0.717) is 0 Å². The van der Waals surface area contributed by atoms with Gasteiger partial charge in [0.2, 0.25) is 0 Å². The highest BCUT2D eigenvalue weighted by Gasteiger charge is 2.21. The highest BCUT2D eigenvalue weighted by atomic mass is 32.2. The van der Waals surface area contributed by atoms with Crippen LogP contribution in [0.5, 0.6) is 0 Å². The first-order valence-corrected chi connectivity index (χ1v) is 9.58. The van der Waals surface area contributed by atoms with E-state index >= 15 is 0 Å². The Morgan fingerprint density at radius 1 is 1.41 bits per heavy atom. The molecule has 1 aliphatic rings. The standard InChI is InChI=1S/C16H34N4OS/c1-5-15-14-20(11-13-22-15)16(17-6-2)18-8-7-9-19(3)10-12-21-4/h15H,5-14H2,1-4H3,(H,17,18). The second-order valence-corrected chi connectivity index (χ2v) is 7.14. The second kappa shape index (κ2) is 12.0. The molecule has 0 spiro atoms. The third-order valence-electron chi connectivity index (χ3n) is 3.87. The van der Waals surface area contributed by atoms with E-state index in [1.807, 2.05) is 0 Å². The van der Waals surface area contributed by atoms with Crippen LogP contribution in [0, 0.1) is 0 Å². The molecule has 0 aromatic heterocycles. The molecule has 0 aromatic rings. The third-order valence-corrected chi connectivity index (χ3v) is 5.24. The summed E-state index contributed by atoms with van der Waals surface area (Å²) in [6.45, 7) is 11.3. The summed E-state index contributed by atoms with van der Waals surface area (Å²) in [5.74, 6) is 2.31. The Labute approximate surface area is 140 Å². The maximum absolute atomic E-state index is 5.10. The molecule has 1 heterocycles. The van der Waals surface area contributed by atoms with Crippen LogP contribution in [0.3, 0.4) is 0 Å². The van der Waals surface area contributed by atoms with Crippen LogP contribution in [-0.2, 0) is 4.74 Å². The number of methoxy groups -OCH3 is 1. The summed E-state index contributed by atoms with van der Waals surface area (Å²) < 4.78 is 5.10. The zero-order valence-corrected chi connectivity index (χ0v) is 15.6. The van der Waals surface area contributed by atoms with Crippen LogP contribution in [-0.4, -0.2) is 86.8 Å². The van der Waals surface area contributed by atoms with Gasteiger partial charge < -0.3 is 19.9 Å². The van der Waals surface area contributed by atoms with Crippen LogP contribution in [0.25, 0.3) is 0 Å². The van der Waals surface area contributed by atoms with Gasteiger partial charge in [-0.1, -0.05) is 6.92 Å². The second-order valence-electron chi connectivity index (χ2n) is 5.73. The van der Waals surface area contributed by atoms with E-state index in [4.69, 9.17) is 9.73 Å². The van der Waals surface area contributed by atoms with Crippen molar-refractivity contribution in [3.63, 3.8) is 0 Å². The minimum absolute atomic E-state index is 0.748. The minimum atomic E-state index is 0.748. The molecule has 1 unspecified atom stereocenters. The molecule has 0 aromatic carbocycles. The lowest BCUT2D eigenvalue weighted by molar-refractivity contribution is 0.161. The zero-order valence-electron chi connectivity index (χ0n) is 14.8. The highest BCUT2D eigenvalue weighted by Crippen LogP contribution is 2.21. The number of hydrogen-bond acceptors (Lipinski definition) is 4. The number of ether oxygens (including phenoxy) is 1. The van der Waals surface area contributed by atoms with Gasteiger partial charge in [0.1, 0.15) is 0 Å². The molecule has 1 atom stereocenters. The number of hydrogen-bond donors (Lipinski definition) is 1. The molecule has 1 fully saturated rings. The Morgan fingerprint density at radius 2 is 2.23 bits per heavy atom. The molecule has 1 N–H and O–H groups in total. The fraction of sp³-hybridized carbons (Fsp3) is 0.938. The fourth-order valence-corrected chi connectivity index (χ4v) is 3.65. The fourth-order valence-electron chi connectivity index (χ4n) is 2.47. The Hall–Kier alpha value is -0.460. The quantitative estimate of drug-likeness (QED) is 0.396. The molecule has 5 nitrogen and oxygen atoms in total. The molecule has 0 radical (unpaired) electrons. The Balaban J connectivity index is 2.38. The Morgan fingerprint density at radius 3 is 2.91 bits per heavy atom. The summed E-state index contributed by atoms with van der Waals surface area (Å²) in [5, 5.41) is 4.20. The first-order valence-electron chi connectivity index (χ1n) is 8.53. The van der Waals surface area contributed by atoms with Crippen molar-refractivity contribution in [1.82, 2.24) is 15.1 Å². The molecule has 0 saturated carbocycles. The van der Waals surface area contributed by atoms with E-state index in [-0.39, 0.29) is 0 Å². The highest BCUT2D eigenvalue weighted by molar-refractivity contribution is 8.00. The number of likely N-dealkylation sites (N-methyl/N-ethyl adjacent to an activating group) is 1. The predicted molar refractivity (Wildman–Crippen MR) is 98.1 cm³/mol. The summed E-state index contributed by atoms with van der Waals surface area (Å²) in [6, 6.07) is 0. The molecule has 0 amide bonds. The van der Waals surface area contributed by atoms with E-state index < -0.39 is 0 Å². The first kappa shape index (κ1) is 19.6. The van der Waals surface area contributed by atoms with Gasteiger partial charge in [-0.15, -0.1) is 0 Å². The van der Waals surface area contributed by atoms with Crippen LogP contribution in [0.1, 0.15) is 26.7 Å². The van der Waals surface area contributed by atoms with E-state index in [0.717, 1.165) is 63.5 Å². The van der Waals surface area contributed by atoms with Crippen molar-refractivity contribution < 1.29 is 4.74 Å². The number of rotatable bonds is 9. The first-order chi connectivity index (χ1) is 10.7. The summed E-state index contributed by atoms with van der Waals surface area (Å²) in [7, 11) is 3.89. The number of thioether (sulfide) groups is 1. The van der Waals surface area contributed by atoms with E-state index in [1.165, 1.54) is 12.2 Å². The van der Waals surface area contributed by atoms with Gasteiger partial charge in [-0.3, -0.25) is 4.99 Å². The van der Waals surface area contributed by atoms with Gasteiger partial charge in [0, 0.05) is 50.8 Å². The lowest BCUT2D eigenvalue weighted by Crippen LogP contribution is -2.48. The van der Waals surface area contributed by atoms with Crippen molar-refractivity contribution in [3.05, 3.63) is 0 Å². The van der Waals surface area contributed by atoms with Crippen LogP contribution < -0.4 is 5.32 Å². The van der Waals surface area contributed by atoms with E-state index in [9.17, 15) is 0 Å². The molecule has 22 heavy (non-hydrogen) atoms. The van der Waals surface area contributed by atoms with Crippen LogP contribution in [0.15, 0.2) is 4.99 Å². The summed E-state index contributed by atoms with van der Waals surface area (Å²) >= 11 is 2.10. The normalized spacial score (nSPS) is 19.8. The number of nitrogens with one attached hydrogen (secondary N) is 1. The van der Waals surface area contributed by atoms with E-state index in [2.05, 4.69) is 47.8 Å². The summed E-state index contributed by atoms with van der Waals surface area (Å²) in [4.78, 5) is 9.56. The largest absolute Gasteiger partial charge is 0.383 e. The van der Waals surface area contributed by atoms with Gasteiger partial charge in [-0.25, -0.2) is 0 Å². The molecular weight excluding hydrogens is 296 g/mol. The predicted octanol–water partition coefficient (Wildman–Crippen LogP) is 1.75. The number of nitrogens with zero attached hydrogens (tertiary/aromatic N) is 3. The molecule has 0 aliphatic carbocycles. The SMILES string of the molecule is CCNC(=NCCCN(C)CCOC)N1CCSC(CC)C1. The molecule has 1 rings (SSSR count). The average molecular weight is 331 g/mol. The van der Waals surface area contributed by atoms with Gasteiger partial charge >= 0.3 is 0 Å². The van der Waals surface area contributed by atoms with Gasteiger partial charge in [-0.2, -0.15) is 11.8 Å². The number of guanidine groups is 1. The molecule has 0 bridgehead atoms. The van der Waals surface area contributed by atoms with Crippen LogP contribution in [0.2, 0.25) is 0 Å². The van der Waals surface area contributed by atoms with E-state index in [1.54, 1.807) is 7.11 Å². The van der Waals surface area contributed by atoms with Crippen molar-refractivity contribution in [2.75, 3.05) is 65.8 Å². The summed E-state index contributed by atoms with van der Waals surface area (Å²) in [5.41, 5.74) is 0. The molecule has 1 aliphatic heterocycles. The zero-order chi connectivity index (χ0) is 16.2. The topological polar surface area (TPSA) is 40.1 Å².